The second-order valence-electron chi connectivity index (χ2n) is 4.45. The summed E-state index contributed by atoms with van der Waals surface area (Å²) in [7, 11) is 0. The Kier molecular flexibility index (Phi) is 2.58. The molecule has 1 N–H and O–H groups in total. The van der Waals surface area contributed by atoms with Gasteiger partial charge in [-0.05, 0) is 18.8 Å². The van der Waals surface area contributed by atoms with Crippen LogP contribution in [0.5, 0.6) is 0 Å². The lowest BCUT2D eigenvalue weighted by Gasteiger charge is -2.34. The first-order valence-electron chi connectivity index (χ1n) is 5.71. The lowest BCUT2D eigenvalue weighted by atomic mass is 10.1. The smallest absolute Gasteiger partial charge is 0.243 e. The number of amides is 2. The van der Waals surface area contributed by atoms with Gasteiger partial charge in [0.05, 0.1) is 13.1 Å². The van der Waals surface area contributed by atoms with Crippen LogP contribution in [0, 0.1) is 5.92 Å². The van der Waals surface area contributed by atoms with E-state index in [-0.39, 0.29) is 24.4 Å². The zero-order chi connectivity index (χ0) is 11.8. The minimum Gasteiger partial charge on any atom is -0.345 e. The quantitative estimate of drug-likeness (QED) is 0.844. The number of piperazine rings is 1. The third-order valence-electron chi connectivity index (χ3n) is 3.20. The van der Waals surface area contributed by atoms with Crippen LogP contribution in [0.2, 0.25) is 0 Å². The molecule has 0 bridgehead atoms. The minimum absolute atomic E-state index is 0.00306. The molecule has 17 heavy (non-hydrogen) atoms. The maximum atomic E-state index is 11.9. The van der Waals surface area contributed by atoms with Crippen molar-refractivity contribution < 1.29 is 9.59 Å². The van der Waals surface area contributed by atoms with E-state index in [1.54, 1.807) is 11.1 Å². The number of nitrogens with one attached hydrogen (secondary N) is 1. The van der Waals surface area contributed by atoms with Crippen molar-refractivity contribution in [1.82, 2.24) is 15.2 Å². The summed E-state index contributed by atoms with van der Waals surface area (Å²) in [6.45, 7) is 0.582. The van der Waals surface area contributed by atoms with Crippen LogP contribution in [-0.2, 0) is 16.1 Å². The first-order valence-corrected chi connectivity index (χ1v) is 6.59. The van der Waals surface area contributed by atoms with Crippen LogP contribution >= 0.6 is 11.3 Å². The molecule has 1 saturated heterocycles. The van der Waals surface area contributed by atoms with Crippen molar-refractivity contribution in [2.24, 2.45) is 5.92 Å². The number of thiazole rings is 1. The van der Waals surface area contributed by atoms with Crippen molar-refractivity contribution in [2.45, 2.75) is 25.4 Å². The molecular weight excluding hydrogens is 238 g/mol. The van der Waals surface area contributed by atoms with Crippen LogP contribution in [0.1, 0.15) is 17.8 Å². The maximum Gasteiger partial charge on any atom is 0.243 e. The van der Waals surface area contributed by atoms with Gasteiger partial charge in [-0.15, -0.1) is 11.3 Å². The molecule has 3 rings (SSSR count). The van der Waals surface area contributed by atoms with E-state index < -0.39 is 0 Å². The standard InChI is InChI=1S/C11H13N3O2S/c15-9-5-13-11(16)10(7-1-2-7)14(9)6-8-12-3-4-17-8/h3-4,7,10H,1-2,5-6H2,(H,13,16). The molecule has 2 heterocycles. The maximum absolute atomic E-state index is 11.9. The Morgan fingerprint density at radius 2 is 2.29 bits per heavy atom. The fourth-order valence-electron chi connectivity index (χ4n) is 2.21. The van der Waals surface area contributed by atoms with Gasteiger partial charge in [-0.1, -0.05) is 0 Å². The van der Waals surface area contributed by atoms with Gasteiger partial charge in [0.15, 0.2) is 0 Å². The highest BCUT2D eigenvalue weighted by Crippen LogP contribution is 2.37. The average molecular weight is 251 g/mol. The summed E-state index contributed by atoms with van der Waals surface area (Å²) in [5.74, 6) is 0.333. The molecule has 1 saturated carbocycles. The summed E-state index contributed by atoms with van der Waals surface area (Å²) < 4.78 is 0. The van der Waals surface area contributed by atoms with Gasteiger partial charge in [0.1, 0.15) is 11.0 Å². The monoisotopic (exact) mass is 251 g/mol. The zero-order valence-corrected chi connectivity index (χ0v) is 10.1. The van der Waals surface area contributed by atoms with Crippen molar-refractivity contribution in [3.8, 4) is 0 Å². The molecule has 1 atom stereocenters. The largest absolute Gasteiger partial charge is 0.345 e. The van der Waals surface area contributed by atoms with E-state index in [1.165, 1.54) is 11.3 Å². The Morgan fingerprint density at radius 3 is 2.94 bits per heavy atom. The predicted octanol–water partition coefficient (Wildman–Crippen LogP) is 0.380. The molecule has 1 aromatic heterocycles. The second-order valence-corrected chi connectivity index (χ2v) is 5.43. The SMILES string of the molecule is O=C1NCC(=O)N(Cc2nccs2)C1C1CC1. The third kappa shape index (κ3) is 2.04. The van der Waals surface area contributed by atoms with Crippen molar-refractivity contribution in [1.29, 1.82) is 0 Å². The van der Waals surface area contributed by atoms with E-state index in [0.29, 0.717) is 12.5 Å². The molecule has 2 aliphatic rings. The highest BCUT2D eigenvalue weighted by atomic mass is 32.1. The van der Waals surface area contributed by atoms with Gasteiger partial charge in [-0.2, -0.15) is 0 Å². The van der Waals surface area contributed by atoms with Gasteiger partial charge in [-0.3, -0.25) is 9.59 Å². The molecule has 0 aromatic carbocycles. The van der Waals surface area contributed by atoms with E-state index in [4.69, 9.17) is 0 Å². The van der Waals surface area contributed by atoms with E-state index in [0.717, 1.165) is 17.8 Å². The topological polar surface area (TPSA) is 62.3 Å². The molecule has 0 spiro atoms. The van der Waals surface area contributed by atoms with Gasteiger partial charge in [0, 0.05) is 11.6 Å². The second kappa shape index (κ2) is 4.10. The van der Waals surface area contributed by atoms with Gasteiger partial charge in [0.2, 0.25) is 11.8 Å². The third-order valence-corrected chi connectivity index (χ3v) is 3.96. The van der Waals surface area contributed by atoms with Crippen molar-refractivity contribution in [2.75, 3.05) is 6.54 Å². The zero-order valence-electron chi connectivity index (χ0n) is 9.26. The van der Waals surface area contributed by atoms with Crippen LogP contribution in [0.25, 0.3) is 0 Å². The van der Waals surface area contributed by atoms with Crippen LogP contribution in [0.4, 0.5) is 0 Å². The molecule has 1 aliphatic heterocycles. The summed E-state index contributed by atoms with van der Waals surface area (Å²) in [6, 6.07) is -0.278. The lowest BCUT2D eigenvalue weighted by Crippen LogP contribution is -2.58. The first kappa shape index (κ1) is 10.7. The lowest BCUT2D eigenvalue weighted by molar-refractivity contribution is -0.147. The number of rotatable bonds is 3. The Balaban J connectivity index is 1.81. The van der Waals surface area contributed by atoms with Gasteiger partial charge in [-0.25, -0.2) is 4.98 Å². The molecule has 2 amide bonds. The Labute approximate surface area is 103 Å². The summed E-state index contributed by atoms with van der Waals surface area (Å²) in [4.78, 5) is 29.6. The molecule has 5 nitrogen and oxygen atoms in total. The van der Waals surface area contributed by atoms with Gasteiger partial charge >= 0.3 is 0 Å². The van der Waals surface area contributed by atoms with Crippen LogP contribution in [0.3, 0.4) is 0 Å². The average Bonchev–Trinajstić information content (AvgIpc) is 3.01. The number of aromatic nitrogens is 1. The normalized spacial score (nSPS) is 24.9. The fraction of sp³-hybridized carbons (Fsp3) is 0.545. The van der Waals surface area contributed by atoms with E-state index >= 15 is 0 Å². The van der Waals surface area contributed by atoms with E-state index in [2.05, 4.69) is 10.3 Å². The Bertz CT molecular complexity index is 442. The number of carbonyl (C=O) groups excluding carboxylic acids is 2. The van der Waals surface area contributed by atoms with Gasteiger partial charge in [0.25, 0.3) is 0 Å². The van der Waals surface area contributed by atoms with Crippen LogP contribution in [-0.4, -0.2) is 34.3 Å². The highest BCUT2D eigenvalue weighted by molar-refractivity contribution is 7.09. The first-order chi connectivity index (χ1) is 8.25. The number of carbonyl (C=O) groups is 2. The van der Waals surface area contributed by atoms with Crippen molar-refractivity contribution in [3.05, 3.63) is 16.6 Å². The number of hydrogen-bond acceptors (Lipinski definition) is 4. The van der Waals surface area contributed by atoms with Crippen molar-refractivity contribution >= 4 is 23.2 Å². The highest BCUT2D eigenvalue weighted by Gasteiger charge is 2.44. The summed E-state index contributed by atoms with van der Waals surface area (Å²) in [5.41, 5.74) is 0. The Hall–Kier alpha value is -1.43. The summed E-state index contributed by atoms with van der Waals surface area (Å²) in [6.07, 6.45) is 3.81. The molecule has 2 fully saturated rings. The summed E-state index contributed by atoms with van der Waals surface area (Å²) in [5, 5.41) is 5.44. The van der Waals surface area contributed by atoms with E-state index in [9.17, 15) is 9.59 Å². The summed E-state index contributed by atoms with van der Waals surface area (Å²) >= 11 is 1.52. The molecule has 1 unspecified atom stereocenters. The molecular formula is C11H13N3O2S. The predicted molar refractivity (Wildman–Crippen MR) is 62.2 cm³/mol. The molecule has 6 heteroatoms. The minimum atomic E-state index is -0.278. The number of nitrogens with zero attached hydrogens (tertiary/aromatic N) is 2. The number of hydrogen-bond donors (Lipinski definition) is 1. The molecule has 0 radical (unpaired) electrons. The fourth-order valence-corrected chi connectivity index (χ4v) is 2.82. The van der Waals surface area contributed by atoms with Crippen LogP contribution < -0.4 is 5.32 Å². The molecule has 1 aliphatic carbocycles. The molecule has 90 valence electrons. The van der Waals surface area contributed by atoms with Crippen LogP contribution in [0.15, 0.2) is 11.6 Å². The van der Waals surface area contributed by atoms with Gasteiger partial charge < -0.3 is 10.2 Å². The van der Waals surface area contributed by atoms with Crippen molar-refractivity contribution in [3.63, 3.8) is 0 Å². The molecule has 1 aromatic rings. The van der Waals surface area contributed by atoms with E-state index in [1.807, 2.05) is 5.38 Å². The Morgan fingerprint density at radius 1 is 1.47 bits per heavy atom.